The van der Waals surface area contributed by atoms with Crippen molar-refractivity contribution in [3.05, 3.63) is 12.4 Å². The van der Waals surface area contributed by atoms with Crippen molar-refractivity contribution in [1.82, 2.24) is 14.7 Å². The molecule has 2 N–H and O–H groups in total. The van der Waals surface area contributed by atoms with Gasteiger partial charge in [-0.3, -0.25) is 0 Å². The van der Waals surface area contributed by atoms with Crippen LogP contribution >= 0.6 is 0 Å². The van der Waals surface area contributed by atoms with Crippen molar-refractivity contribution < 1.29 is 13.2 Å². The summed E-state index contributed by atoms with van der Waals surface area (Å²) < 4.78 is 31.9. The van der Waals surface area contributed by atoms with Gasteiger partial charge in [-0.1, -0.05) is 0 Å². The molecule has 1 aliphatic heterocycles. The summed E-state index contributed by atoms with van der Waals surface area (Å²) in [5.74, 6) is 0.384. The molecule has 0 aromatic carbocycles. The lowest BCUT2D eigenvalue weighted by Crippen LogP contribution is -2.40. The van der Waals surface area contributed by atoms with Gasteiger partial charge in [0.05, 0.1) is 19.0 Å². The Hall–Kier alpha value is -1.25. The van der Waals surface area contributed by atoms with Gasteiger partial charge in [-0.25, -0.2) is 23.1 Å². The number of nitrogens with one attached hydrogen (secondary N) is 2. The summed E-state index contributed by atoms with van der Waals surface area (Å²) in [5.41, 5.74) is 0. The van der Waals surface area contributed by atoms with E-state index in [0.717, 1.165) is 12.8 Å². The molecular formula is C10H16N4O3S. The van der Waals surface area contributed by atoms with Gasteiger partial charge in [-0.15, -0.1) is 0 Å². The van der Waals surface area contributed by atoms with Crippen LogP contribution < -0.4 is 10.0 Å². The standard InChI is InChI=1S/C10H16N4O3S/c1-11-10-12-5-9(6-13-10)18(15,16)14-8-3-2-4-17-7-8/h5-6,8,14H,2-4,7H2,1H3,(H,11,12,13). The molecule has 1 unspecified atom stereocenters. The monoisotopic (exact) mass is 272 g/mol. The highest BCUT2D eigenvalue weighted by atomic mass is 32.2. The molecule has 2 heterocycles. The van der Waals surface area contributed by atoms with Crippen molar-refractivity contribution in [2.75, 3.05) is 25.6 Å². The lowest BCUT2D eigenvalue weighted by atomic mass is 10.1. The minimum absolute atomic E-state index is 0.0621. The predicted octanol–water partition coefficient (Wildman–Crippen LogP) is -0.0244. The van der Waals surface area contributed by atoms with Crippen molar-refractivity contribution in [1.29, 1.82) is 0 Å². The summed E-state index contributed by atoms with van der Waals surface area (Å²) in [6.45, 7) is 1.10. The topological polar surface area (TPSA) is 93.2 Å². The summed E-state index contributed by atoms with van der Waals surface area (Å²) in [4.78, 5) is 7.83. The van der Waals surface area contributed by atoms with E-state index in [9.17, 15) is 8.42 Å². The van der Waals surface area contributed by atoms with Crippen molar-refractivity contribution >= 4 is 16.0 Å². The molecular weight excluding hydrogens is 256 g/mol. The maximum Gasteiger partial charge on any atom is 0.243 e. The molecule has 2 rings (SSSR count). The van der Waals surface area contributed by atoms with Crippen LogP contribution in [0, 0.1) is 0 Å². The third kappa shape index (κ3) is 3.15. The second-order valence-electron chi connectivity index (χ2n) is 4.03. The molecule has 0 saturated carbocycles. The average Bonchev–Trinajstić information content (AvgIpc) is 2.39. The maximum atomic E-state index is 12.0. The Kier molecular flexibility index (Phi) is 4.10. The first-order valence-electron chi connectivity index (χ1n) is 5.72. The number of anilines is 1. The molecule has 1 fully saturated rings. The van der Waals surface area contributed by atoms with Crippen LogP contribution in [0.2, 0.25) is 0 Å². The molecule has 0 spiro atoms. The first-order chi connectivity index (χ1) is 8.62. The predicted molar refractivity (Wildman–Crippen MR) is 65.7 cm³/mol. The summed E-state index contributed by atoms with van der Waals surface area (Å²) in [6, 6.07) is -0.173. The quantitative estimate of drug-likeness (QED) is 0.800. The number of rotatable bonds is 4. The van der Waals surface area contributed by atoms with Crippen LogP contribution in [0.5, 0.6) is 0 Å². The van der Waals surface area contributed by atoms with Gasteiger partial charge < -0.3 is 10.1 Å². The molecule has 8 heteroatoms. The molecule has 0 amide bonds. The van der Waals surface area contributed by atoms with Crippen LogP contribution in [0.4, 0.5) is 5.95 Å². The Morgan fingerprint density at radius 1 is 1.39 bits per heavy atom. The highest BCUT2D eigenvalue weighted by Crippen LogP contribution is 2.12. The summed E-state index contributed by atoms with van der Waals surface area (Å²) in [7, 11) is -1.90. The van der Waals surface area contributed by atoms with E-state index in [1.54, 1.807) is 7.05 Å². The van der Waals surface area contributed by atoms with Gasteiger partial charge in [-0.2, -0.15) is 0 Å². The zero-order valence-corrected chi connectivity index (χ0v) is 10.9. The lowest BCUT2D eigenvalue weighted by Gasteiger charge is -2.22. The Bertz CT molecular complexity index is 482. The van der Waals surface area contributed by atoms with Crippen LogP contribution in [-0.4, -0.2) is 44.7 Å². The Labute approximate surface area is 106 Å². The molecule has 0 bridgehead atoms. The van der Waals surface area contributed by atoms with Crippen LogP contribution in [0.1, 0.15) is 12.8 Å². The zero-order valence-electron chi connectivity index (χ0n) is 10.1. The van der Waals surface area contributed by atoms with Gasteiger partial charge in [0.1, 0.15) is 4.90 Å². The third-order valence-corrected chi connectivity index (χ3v) is 4.12. The number of hydrogen-bond acceptors (Lipinski definition) is 6. The SMILES string of the molecule is CNc1ncc(S(=O)(=O)NC2CCCOC2)cn1. The van der Waals surface area contributed by atoms with Gasteiger partial charge in [-0.05, 0) is 12.8 Å². The van der Waals surface area contributed by atoms with Gasteiger partial charge in [0.2, 0.25) is 16.0 Å². The molecule has 1 atom stereocenters. The minimum Gasteiger partial charge on any atom is -0.380 e. The van der Waals surface area contributed by atoms with E-state index in [4.69, 9.17) is 4.74 Å². The number of nitrogens with zero attached hydrogens (tertiary/aromatic N) is 2. The second kappa shape index (κ2) is 5.59. The largest absolute Gasteiger partial charge is 0.380 e. The Balaban J connectivity index is 2.08. The van der Waals surface area contributed by atoms with Gasteiger partial charge in [0, 0.05) is 19.7 Å². The number of sulfonamides is 1. The summed E-state index contributed by atoms with van der Waals surface area (Å²) >= 11 is 0. The van der Waals surface area contributed by atoms with Gasteiger partial charge in [0.25, 0.3) is 0 Å². The fourth-order valence-electron chi connectivity index (χ4n) is 1.71. The lowest BCUT2D eigenvalue weighted by molar-refractivity contribution is 0.0774. The van der Waals surface area contributed by atoms with E-state index >= 15 is 0 Å². The van der Waals surface area contributed by atoms with E-state index in [2.05, 4.69) is 20.0 Å². The average molecular weight is 272 g/mol. The van der Waals surface area contributed by atoms with Crippen molar-refractivity contribution in [3.63, 3.8) is 0 Å². The van der Waals surface area contributed by atoms with E-state index in [0.29, 0.717) is 19.2 Å². The minimum atomic E-state index is -3.57. The molecule has 7 nitrogen and oxygen atoms in total. The number of aromatic nitrogens is 2. The molecule has 1 aromatic heterocycles. The fourth-order valence-corrected chi connectivity index (χ4v) is 2.85. The highest BCUT2D eigenvalue weighted by molar-refractivity contribution is 7.89. The van der Waals surface area contributed by atoms with Crippen molar-refractivity contribution in [2.24, 2.45) is 0 Å². The van der Waals surface area contributed by atoms with Crippen LogP contribution in [-0.2, 0) is 14.8 Å². The molecule has 1 aliphatic rings. The van der Waals surface area contributed by atoms with E-state index in [1.165, 1.54) is 12.4 Å². The molecule has 1 saturated heterocycles. The van der Waals surface area contributed by atoms with Crippen LogP contribution in [0.25, 0.3) is 0 Å². The molecule has 0 aliphatic carbocycles. The zero-order chi connectivity index (χ0) is 13.0. The Morgan fingerprint density at radius 3 is 2.67 bits per heavy atom. The number of hydrogen-bond donors (Lipinski definition) is 2. The highest BCUT2D eigenvalue weighted by Gasteiger charge is 2.22. The van der Waals surface area contributed by atoms with Crippen LogP contribution in [0.3, 0.4) is 0 Å². The first-order valence-corrected chi connectivity index (χ1v) is 7.20. The Morgan fingerprint density at radius 2 is 2.11 bits per heavy atom. The first kappa shape index (κ1) is 13.2. The van der Waals surface area contributed by atoms with Crippen molar-refractivity contribution in [2.45, 2.75) is 23.8 Å². The van der Waals surface area contributed by atoms with Gasteiger partial charge in [0.15, 0.2) is 0 Å². The smallest absolute Gasteiger partial charge is 0.243 e. The molecule has 100 valence electrons. The molecule has 18 heavy (non-hydrogen) atoms. The van der Waals surface area contributed by atoms with E-state index in [-0.39, 0.29) is 10.9 Å². The normalized spacial score (nSPS) is 20.6. The van der Waals surface area contributed by atoms with Crippen molar-refractivity contribution in [3.8, 4) is 0 Å². The van der Waals surface area contributed by atoms with E-state index in [1.807, 2.05) is 0 Å². The third-order valence-electron chi connectivity index (χ3n) is 2.64. The number of ether oxygens (including phenoxy) is 1. The summed E-state index contributed by atoms with van der Waals surface area (Å²) in [6.07, 6.45) is 4.22. The maximum absolute atomic E-state index is 12.0. The molecule has 1 aromatic rings. The van der Waals surface area contributed by atoms with Crippen LogP contribution in [0.15, 0.2) is 17.3 Å². The second-order valence-corrected chi connectivity index (χ2v) is 5.74. The van der Waals surface area contributed by atoms with Gasteiger partial charge >= 0.3 is 0 Å². The fraction of sp³-hybridized carbons (Fsp3) is 0.600. The summed E-state index contributed by atoms with van der Waals surface area (Å²) in [5, 5.41) is 2.73. The molecule has 0 radical (unpaired) electrons. The van der Waals surface area contributed by atoms with E-state index < -0.39 is 10.0 Å².